The molecular formula is C28H37NO5S. The van der Waals surface area contributed by atoms with Crippen LogP contribution in [0.1, 0.15) is 95.1 Å². The Bertz CT molecular complexity index is 1120. The van der Waals surface area contributed by atoms with Gasteiger partial charge in [-0.2, -0.15) is 0 Å². The van der Waals surface area contributed by atoms with Crippen molar-refractivity contribution in [3.8, 4) is 0 Å². The van der Waals surface area contributed by atoms with Crippen LogP contribution in [0.15, 0.2) is 34.9 Å². The Morgan fingerprint density at radius 2 is 1.77 bits per heavy atom. The second-order valence-electron chi connectivity index (χ2n) is 11.2. The number of carbonyl (C=O) groups excluding carboxylic acids is 2. The first-order valence-corrected chi connectivity index (χ1v) is 12.5. The van der Waals surface area contributed by atoms with E-state index in [9.17, 15) is 9.59 Å². The van der Waals surface area contributed by atoms with Crippen molar-refractivity contribution >= 4 is 29.3 Å². The highest BCUT2D eigenvalue weighted by molar-refractivity contribution is 7.80. The summed E-state index contributed by atoms with van der Waals surface area (Å²) in [5, 5.41) is -0.0764. The van der Waals surface area contributed by atoms with Gasteiger partial charge in [0.2, 0.25) is 0 Å². The monoisotopic (exact) mass is 499 g/mol. The molecule has 1 aliphatic heterocycles. The molecule has 190 valence electrons. The van der Waals surface area contributed by atoms with Gasteiger partial charge < -0.3 is 13.9 Å². The molecule has 2 atom stereocenters. The fourth-order valence-electron chi connectivity index (χ4n) is 4.71. The summed E-state index contributed by atoms with van der Waals surface area (Å²) in [6.45, 7) is 18.8. The number of furan rings is 1. The highest BCUT2D eigenvalue weighted by Crippen LogP contribution is 2.45. The van der Waals surface area contributed by atoms with Gasteiger partial charge in [0.15, 0.2) is 17.4 Å². The maximum absolute atomic E-state index is 13.4. The Morgan fingerprint density at radius 3 is 2.26 bits per heavy atom. The van der Waals surface area contributed by atoms with Crippen molar-refractivity contribution in [1.82, 2.24) is 4.90 Å². The zero-order chi connectivity index (χ0) is 26.3. The van der Waals surface area contributed by atoms with Crippen molar-refractivity contribution in [2.75, 3.05) is 6.61 Å². The lowest BCUT2D eigenvalue weighted by Crippen LogP contribution is -2.51. The lowest BCUT2D eigenvalue weighted by atomic mass is 9.72. The van der Waals surface area contributed by atoms with Gasteiger partial charge in [0, 0.05) is 5.56 Å². The second kappa shape index (κ2) is 9.41. The first-order chi connectivity index (χ1) is 16.2. The molecule has 3 rings (SSSR count). The van der Waals surface area contributed by atoms with E-state index in [1.165, 1.54) is 22.8 Å². The molecule has 1 amide bonds. The maximum Gasteiger partial charge on any atom is 0.333 e. The Morgan fingerprint density at radius 1 is 1.11 bits per heavy atom. The number of amides is 1. The van der Waals surface area contributed by atoms with Crippen LogP contribution < -0.4 is 0 Å². The van der Waals surface area contributed by atoms with Crippen LogP contribution in [-0.2, 0) is 37.1 Å². The summed E-state index contributed by atoms with van der Waals surface area (Å²) in [6.07, 6.45) is 2.13. The minimum atomic E-state index is -1.25. The number of nitrogens with zero attached hydrogens (tertiary/aromatic N) is 1. The molecule has 35 heavy (non-hydrogen) atoms. The van der Waals surface area contributed by atoms with Crippen LogP contribution in [0.4, 0.5) is 0 Å². The van der Waals surface area contributed by atoms with E-state index in [2.05, 4.69) is 60.6 Å². The van der Waals surface area contributed by atoms with Gasteiger partial charge in [-0.15, -0.1) is 0 Å². The molecule has 2 unspecified atom stereocenters. The van der Waals surface area contributed by atoms with Crippen molar-refractivity contribution in [1.29, 1.82) is 0 Å². The molecule has 1 aliphatic rings. The van der Waals surface area contributed by atoms with Crippen molar-refractivity contribution in [2.45, 2.75) is 91.2 Å². The molecule has 7 heteroatoms. The van der Waals surface area contributed by atoms with Gasteiger partial charge in [-0.05, 0) is 72.1 Å². The lowest BCUT2D eigenvalue weighted by Gasteiger charge is -2.36. The Labute approximate surface area is 214 Å². The van der Waals surface area contributed by atoms with E-state index in [4.69, 9.17) is 26.1 Å². The van der Waals surface area contributed by atoms with E-state index < -0.39 is 23.5 Å². The van der Waals surface area contributed by atoms with Crippen molar-refractivity contribution in [3.05, 3.63) is 58.5 Å². The van der Waals surface area contributed by atoms with E-state index in [1.807, 2.05) is 6.92 Å². The third-order valence-electron chi connectivity index (χ3n) is 6.55. The largest absolute Gasteiger partial charge is 0.464 e. The van der Waals surface area contributed by atoms with Gasteiger partial charge in [0.05, 0.1) is 12.9 Å². The molecule has 6 nitrogen and oxygen atoms in total. The summed E-state index contributed by atoms with van der Waals surface area (Å²) < 4.78 is 17.1. The number of hydrogen-bond donors (Lipinski definition) is 0. The van der Waals surface area contributed by atoms with E-state index >= 15 is 0 Å². The molecule has 2 aromatic rings. The number of thiocarbonyl (C=S) groups is 1. The van der Waals surface area contributed by atoms with Crippen LogP contribution in [0.2, 0.25) is 0 Å². The molecular weight excluding hydrogens is 462 g/mol. The van der Waals surface area contributed by atoms with Gasteiger partial charge in [0.25, 0.3) is 11.1 Å². The Balaban J connectivity index is 2.33. The molecule has 0 saturated carbocycles. The molecule has 0 spiro atoms. The van der Waals surface area contributed by atoms with Gasteiger partial charge in [-0.1, -0.05) is 60.6 Å². The number of esters is 1. The summed E-state index contributed by atoms with van der Waals surface area (Å²) in [6, 6.07) is 6.40. The van der Waals surface area contributed by atoms with Crippen molar-refractivity contribution < 1.29 is 23.5 Å². The minimum absolute atomic E-state index is 0.0732. The van der Waals surface area contributed by atoms with Crippen LogP contribution in [0.3, 0.4) is 0 Å². The third-order valence-corrected chi connectivity index (χ3v) is 6.83. The molecule has 1 aromatic heterocycles. The molecule has 2 heterocycles. The van der Waals surface area contributed by atoms with Gasteiger partial charge >= 0.3 is 5.97 Å². The number of ether oxygens (including phenoxy) is 2. The van der Waals surface area contributed by atoms with Crippen LogP contribution in [0, 0.1) is 0 Å². The summed E-state index contributed by atoms with van der Waals surface area (Å²) >= 11 is 5.55. The Kier molecular flexibility index (Phi) is 7.24. The first-order valence-electron chi connectivity index (χ1n) is 12.1. The number of carbonyl (C=O) groups is 2. The predicted octanol–water partition coefficient (Wildman–Crippen LogP) is 6.04. The molecule has 1 aromatic carbocycles. The average Bonchev–Trinajstić information content (AvgIpc) is 3.37. The lowest BCUT2D eigenvalue weighted by molar-refractivity contribution is -0.151. The van der Waals surface area contributed by atoms with Crippen LogP contribution in [0.25, 0.3) is 0 Å². The molecule has 0 bridgehead atoms. The average molecular weight is 500 g/mol. The number of hydrogen-bond acceptors (Lipinski definition) is 6. The van der Waals surface area contributed by atoms with E-state index in [0.29, 0.717) is 0 Å². The summed E-state index contributed by atoms with van der Waals surface area (Å²) in [7, 11) is 0. The fourth-order valence-corrected chi connectivity index (χ4v) is 5.07. The summed E-state index contributed by atoms with van der Waals surface area (Å²) in [5.74, 6) is -1.04. The fraction of sp³-hybridized carbons (Fsp3) is 0.536. The highest BCUT2D eigenvalue weighted by atomic mass is 32.1. The van der Waals surface area contributed by atoms with Crippen LogP contribution in [0.5, 0.6) is 0 Å². The minimum Gasteiger partial charge on any atom is -0.464 e. The van der Waals surface area contributed by atoms with Crippen LogP contribution >= 0.6 is 12.2 Å². The SMILES string of the molecule is CCOC(=O)C1N(C(=O)c2ccco2)C(=S)OC1(C)c1cc(C(C)(C)C)cc(C(C)(C)C)c1CC. The molecule has 1 saturated heterocycles. The van der Waals surface area contributed by atoms with Gasteiger partial charge in [0.1, 0.15) is 0 Å². The highest BCUT2D eigenvalue weighted by Gasteiger charge is 2.58. The van der Waals surface area contributed by atoms with E-state index in [-0.39, 0.29) is 28.4 Å². The molecule has 0 radical (unpaired) electrons. The first kappa shape index (κ1) is 26.9. The topological polar surface area (TPSA) is 69.0 Å². The molecule has 0 N–H and O–H groups in total. The van der Waals surface area contributed by atoms with Gasteiger partial charge in [-0.25, -0.2) is 9.69 Å². The van der Waals surface area contributed by atoms with E-state index in [0.717, 1.165) is 23.1 Å². The third kappa shape index (κ3) is 4.88. The number of benzene rings is 1. The maximum atomic E-state index is 13.4. The molecule has 1 fully saturated rings. The van der Waals surface area contributed by atoms with Crippen molar-refractivity contribution in [2.24, 2.45) is 0 Å². The second-order valence-corrected chi connectivity index (χ2v) is 11.5. The zero-order valence-corrected chi connectivity index (χ0v) is 23.1. The normalized spacial score (nSPS) is 20.7. The van der Waals surface area contributed by atoms with Crippen LogP contribution in [-0.4, -0.2) is 34.6 Å². The van der Waals surface area contributed by atoms with E-state index in [1.54, 1.807) is 13.0 Å². The summed E-state index contributed by atoms with van der Waals surface area (Å²) in [4.78, 5) is 28.1. The summed E-state index contributed by atoms with van der Waals surface area (Å²) in [5.41, 5.74) is 2.66. The number of rotatable bonds is 5. The quantitative estimate of drug-likeness (QED) is 0.369. The molecule has 0 aliphatic carbocycles. The standard InChI is InChI=1S/C28H37NO5S/c1-10-18-19(27(6,7)8)15-17(26(3,4)5)16-20(18)28(9)22(24(31)32-11-2)29(25(35)34-28)23(30)21-13-12-14-33-21/h12-16,22H,10-11H2,1-9H3. The van der Waals surface area contributed by atoms with Crippen molar-refractivity contribution in [3.63, 3.8) is 0 Å². The smallest absolute Gasteiger partial charge is 0.333 e. The predicted molar refractivity (Wildman–Crippen MR) is 140 cm³/mol. The zero-order valence-electron chi connectivity index (χ0n) is 22.3. The Hall–Kier alpha value is -2.67. The van der Waals surface area contributed by atoms with Gasteiger partial charge in [-0.3, -0.25) is 4.79 Å².